The highest BCUT2D eigenvalue weighted by Crippen LogP contribution is 2.28. The predicted octanol–water partition coefficient (Wildman–Crippen LogP) is 3.23. The van der Waals surface area contributed by atoms with E-state index in [4.69, 9.17) is 4.74 Å². The zero-order valence-corrected chi connectivity index (χ0v) is 10.1. The summed E-state index contributed by atoms with van der Waals surface area (Å²) in [5, 5.41) is 0. The number of hydrogen-bond acceptors (Lipinski definition) is 2. The van der Waals surface area contributed by atoms with Crippen LogP contribution in [0.4, 0.5) is 0 Å². The molecule has 0 N–H and O–H groups in total. The van der Waals surface area contributed by atoms with Crippen LogP contribution in [0.15, 0.2) is 55.1 Å². The van der Waals surface area contributed by atoms with Crippen molar-refractivity contribution in [2.75, 3.05) is 0 Å². The molecule has 90 valence electrons. The Bertz CT molecular complexity index is 731. The van der Waals surface area contributed by atoms with Crippen molar-refractivity contribution in [2.24, 2.45) is 0 Å². The lowest BCUT2D eigenvalue weighted by atomic mass is 10.0. The second-order valence-electron chi connectivity index (χ2n) is 4.19. The Balaban J connectivity index is 1.97. The summed E-state index contributed by atoms with van der Waals surface area (Å²) in [7, 11) is 0. The molecule has 0 amide bonds. The van der Waals surface area contributed by atoms with Gasteiger partial charge in [0.25, 0.3) is 0 Å². The summed E-state index contributed by atoms with van der Waals surface area (Å²) < 4.78 is 4.97. The maximum absolute atomic E-state index is 11.6. The second-order valence-corrected chi connectivity index (χ2v) is 4.19. The highest BCUT2D eigenvalue weighted by Gasteiger charge is 2.24. The van der Waals surface area contributed by atoms with Crippen LogP contribution in [0.3, 0.4) is 0 Å². The zero-order valence-electron chi connectivity index (χ0n) is 10.1. The third-order valence-corrected chi connectivity index (χ3v) is 2.88. The van der Waals surface area contributed by atoms with Gasteiger partial charge in [0.1, 0.15) is 5.76 Å². The van der Waals surface area contributed by atoms with Crippen LogP contribution in [0.5, 0.6) is 0 Å². The first kappa shape index (κ1) is 11.3. The summed E-state index contributed by atoms with van der Waals surface area (Å²) in [6, 6.07) is 15.1. The lowest BCUT2D eigenvalue weighted by Crippen LogP contribution is -1.93. The highest BCUT2D eigenvalue weighted by molar-refractivity contribution is 6.02. The monoisotopic (exact) mass is 246 g/mol. The highest BCUT2D eigenvalue weighted by atomic mass is 16.5. The molecule has 3 rings (SSSR count). The number of cyclic esters (lactones) is 1. The molecule has 0 fully saturated rings. The first-order chi connectivity index (χ1) is 9.24. The van der Waals surface area contributed by atoms with Gasteiger partial charge in [-0.15, -0.1) is 0 Å². The molecule has 0 spiro atoms. The van der Waals surface area contributed by atoms with Crippen LogP contribution >= 0.6 is 0 Å². The van der Waals surface area contributed by atoms with Crippen molar-refractivity contribution >= 4 is 11.7 Å². The lowest BCUT2D eigenvalue weighted by Gasteiger charge is -1.95. The molecule has 1 heterocycles. The predicted molar refractivity (Wildman–Crippen MR) is 73.3 cm³/mol. The number of fused-ring (bicyclic) bond motifs is 1. The van der Waals surface area contributed by atoms with Crippen molar-refractivity contribution in [1.29, 1.82) is 0 Å². The Labute approximate surface area is 111 Å². The maximum Gasteiger partial charge on any atom is 0.344 e. The van der Waals surface area contributed by atoms with Crippen LogP contribution < -0.4 is 0 Å². The summed E-state index contributed by atoms with van der Waals surface area (Å²) >= 11 is 0. The summed E-state index contributed by atoms with van der Waals surface area (Å²) in [4.78, 5) is 11.6. The first-order valence-corrected chi connectivity index (χ1v) is 5.86. The summed E-state index contributed by atoms with van der Waals surface area (Å²) in [6.45, 7) is 3.69. The fourth-order valence-corrected chi connectivity index (χ4v) is 1.92. The minimum absolute atomic E-state index is 0.358. The summed E-state index contributed by atoms with van der Waals surface area (Å²) in [5.74, 6) is 6.14. The molecule has 1 aliphatic rings. The third-order valence-electron chi connectivity index (χ3n) is 2.88. The molecule has 1 aliphatic heterocycles. The quantitative estimate of drug-likeness (QED) is 0.527. The van der Waals surface area contributed by atoms with E-state index < -0.39 is 0 Å². The Morgan fingerprint density at radius 1 is 0.895 bits per heavy atom. The second kappa shape index (κ2) is 4.47. The van der Waals surface area contributed by atoms with Crippen LogP contribution in [0.2, 0.25) is 0 Å². The average molecular weight is 246 g/mol. The SMILES string of the molecule is C=C1OC(=O)c2cc(C#Cc3ccccc3)ccc21. The summed E-state index contributed by atoms with van der Waals surface area (Å²) in [5.41, 5.74) is 3.00. The molecular formula is C17H10O2. The molecule has 0 saturated heterocycles. The van der Waals surface area contributed by atoms with Gasteiger partial charge in [0.2, 0.25) is 0 Å². The van der Waals surface area contributed by atoms with E-state index in [9.17, 15) is 4.79 Å². The Morgan fingerprint density at radius 3 is 2.42 bits per heavy atom. The van der Waals surface area contributed by atoms with Gasteiger partial charge in [-0.3, -0.25) is 0 Å². The molecule has 2 heteroatoms. The van der Waals surface area contributed by atoms with Crippen molar-refractivity contribution in [3.63, 3.8) is 0 Å². The fourth-order valence-electron chi connectivity index (χ4n) is 1.92. The van der Waals surface area contributed by atoms with Crippen molar-refractivity contribution in [2.45, 2.75) is 0 Å². The van der Waals surface area contributed by atoms with E-state index in [0.717, 1.165) is 16.7 Å². The van der Waals surface area contributed by atoms with Gasteiger partial charge in [-0.2, -0.15) is 0 Å². The number of carbonyl (C=O) groups is 1. The van der Waals surface area contributed by atoms with Crippen LogP contribution in [0, 0.1) is 11.8 Å². The van der Waals surface area contributed by atoms with Gasteiger partial charge in [0.05, 0.1) is 5.56 Å². The van der Waals surface area contributed by atoms with E-state index in [-0.39, 0.29) is 5.97 Å². The first-order valence-electron chi connectivity index (χ1n) is 5.86. The maximum atomic E-state index is 11.6. The van der Waals surface area contributed by atoms with Crippen molar-refractivity contribution < 1.29 is 9.53 Å². The standard InChI is InChI=1S/C17H10O2/c1-12-15-10-9-14(11-16(15)17(18)19-12)8-7-13-5-3-2-4-6-13/h2-6,9-11H,1H2. The molecule has 0 radical (unpaired) electrons. The Kier molecular flexibility index (Phi) is 2.66. The van der Waals surface area contributed by atoms with E-state index in [2.05, 4.69) is 18.4 Å². The van der Waals surface area contributed by atoms with Gasteiger partial charge in [-0.25, -0.2) is 4.79 Å². The van der Waals surface area contributed by atoms with Gasteiger partial charge in [-0.05, 0) is 30.3 Å². The molecule has 2 nitrogen and oxygen atoms in total. The fraction of sp³-hybridized carbons (Fsp3) is 0. The number of benzene rings is 2. The number of ether oxygens (including phenoxy) is 1. The topological polar surface area (TPSA) is 26.3 Å². The van der Waals surface area contributed by atoms with Crippen LogP contribution in [-0.4, -0.2) is 5.97 Å². The third kappa shape index (κ3) is 2.14. The molecule has 0 atom stereocenters. The van der Waals surface area contributed by atoms with E-state index in [1.165, 1.54) is 0 Å². The van der Waals surface area contributed by atoms with E-state index in [1.807, 2.05) is 42.5 Å². The number of hydrogen-bond donors (Lipinski definition) is 0. The van der Waals surface area contributed by atoms with E-state index in [1.54, 1.807) is 6.07 Å². The number of esters is 1. The Morgan fingerprint density at radius 2 is 1.63 bits per heavy atom. The molecule has 0 aromatic heterocycles. The minimum atomic E-state index is -0.358. The minimum Gasteiger partial charge on any atom is -0.423 e. The van der Waals surface area contributed by atoms with Gasteiger partial charge >= 0.3 is 5.97 Å². The van der Waals surface area contributed by atoms with Crippen molar-refractivity contribution in [3.8, 4) is 11.8 Å². The number of rotatable bonds is 0. The van der Waals surface area contributed by atoms with Gasteiger partial charge < -0.3 is 4.74 Å². The normalized spacial score (nSPS) is 12.4. The van der Waals surface area contributed by atoms with Crippen molar-refractivity contribution in [3.05, 3.63) is 77.4 Å². The van der Waals surface area contributed by atoms with Crippen LogP contribution in [0.25, 0.3) is 5.76 Å². The van der Waals surface area contributed by atoms with Crippen LogP contribution in [-0.2, 0) is 4.74 Å². The molecule has 0 saturated carbocycles. The van der Waals surface area contributed by atoms with E-state index >= 15 is 0 Å². The van der Waals surface area contributed by atoms with Crippen LogP contribution in [0.1, 0.15) is 27.0 Å². The molecule has 19 heavy (non-hydrogen) atoms. The molecular weight excluding hydrogens is 236 g/mol. The molecule has 0 aliphatic carbocycles. The number of carbonyl (C=O) groups excluding carboxylic acids is 1. The average Bonchev–Trinajstić information content (AvgIpc) is 2.73. The smallest absolute Gasteiger partial charge is 0.344 e. The molecule has 0 unspecified atom stereocenters. The van der Waals surface area contributed by atoms with Gasteiger partial charge in [0.15, 0.2) is 0 Å². The summed E-state index contributed by atoms with van der Waals surface area (Å²) in [6.07, 6.45) is 0. The van der Waals surface area contributed by atoms with E-state index in [0.29, 0.717) is 11.3 Å². The molecule has 0 bridgehead atoms. The van der Waals surface area contributed by atoms with Gasteiger partial charge in [-0.1, -0.05) is 36.6 Å². The molecule has 2 aromatic rings. The zero-order chi connectivity index (χ0) is 13.2. The largest absolute Gasteiger partial charge is 0.423 e. The van der Waals surface area contributed by atoms with Gasteiger partial charge in [0, 0.05) is 16.7 Å². The lowest BCUT2D eigenvalue weighted by molar-refractivity contribution is 0.0716. The van der Waals surface area contributed by atoms with Crippen molar-refractivity contribution in [1.82, 2.24) is 0 Å². The Hall–Kier alpha value is -2.79. The molecule has 2 aromatic carbocycles.